The number of aromatic nitrogens is 2. The number of pyridine rings is 1. The Morgan fingerprint density at radius 1 is 1.24 bits per heavy atom. The second-order valence-electron chi connectivity index (χ2n) is 6.76. The minimum Gasteiger partial charge on any atom is -0.436 e. The Morgan fingerprint density at radius 2 is 2.06 bits per heavy atom. The van der Waals surface area contributed by atoms with Gasteiger partial charge in [-0.3, -0.25) is 4.52 Å². The molecule has 0 amide bonds. The Kier molecular flexibility index (Phi) is 8.63. The summed E-state index contributed by atoms with van der Waals surface area (Å²) in [6, 6.07) is 8.00. The van der Waals surface area contributed by atoms with Crippen LogP contribution in [-0.4, -0.2) is 33.2 Å². The molecule has 0 fully saturated rings. The van der Waals surface area contributed by atoms with Crippen LogP contribution in [0.25, 0.3) is 5.57 Å². The van der Waals surface area contributed by atoms with Crippen LogP contribution >= 0.6 is 7.82 Å². The topological polar surface area (TPSA) is 153 Å². The lowest BCUT2D eigenvalue weighted by molar-refractivity contribution is 0.191. The van der Waals surface area contributed by atoms with Crippen molar-refractivity contribution in [3.05, 3.63) is 89.6 Å². The molecule has 0 atom stereocenters. The van der Waals surface area contributed by atoms with E-state index >= 15 is 0 Å². The van der Waals surface area contributed by atoms with E-state index in [1.54, 1.807) is 36.5 Å². The first-order chi connectivity index (χ1) is 16.2. The molecule has 180 valence electrons. The highest BCUT2D eigenvalue weighted by Crippen LogP contribution is 2.34. The zero-order valence-corrected chi connectivity index (χ0v) is 18.5. The standard InChI is InChI=1S/C21H21F2N4O6P/c22-16-4-5-19(18(23)9-16)32-21-6-3-14(12-26-21)8-17-10-20(33-27-17)15(11-24)2-1-7-25-13-31-34(28,29)30/h1-7,9-10,12,25H,8,11,13,24H2,(H2,28,29,30)/b7-1-,15-2+. The molecule has 0 aliphatic rings. The predicted octanol–water partition coefficient (Wildman–Crippen LogP) is 3.24. The van der Waals surface area contributed by atoms with Crippen LogP contribution in [0, 0.1) is 11.6 Å². The lowest BCUT2D eigenvalue weighted by Gasteiger charge is -2.06. The van der Waals surface area contributed by atoms with Crippen molar-refractivity contribution in [2.45, 2.75) is 6.42 Å². The molecule has 34 heavy (non-hydrogen) atoms. The van der Waals surface area contributed by atoms with Crippen LogP contribution in [-0.2, 0) is 15.5 Å². The van der Waals surface area contributed by atoms with E-state index in [4.69, 9.17) is 24.8 Å². The van der Waals surface area contributed by atoms with E-state index in [0.29, 0.717) is 23.4 Å². The molecule has 0 spiro atoms. The molecule has 3 aromatic rings. The minimum absolute atomic E-state index is 0.137. The van der Waals surface area contributed by atoms with Gasteiger partial charge in [0.15, 0.2) is 17.3 Å². The zero-order chi connectivity index (χ0) is 24.6. The molecule has 0 bridgehead atoms. The third-order valence-electron chi connectivity index (χ3n) is 4.21. The average molecular weight is 494 g/mol. The second kappa shape index (κ2) is 11.6. The van der Waals surface area contributed by atoms with Crippen LogP contribution in [0.3, 0.4) is 0 Å². The van der Waals surface area contributed by atoms with E-state index < -0.39 is 19.5 Å². The van der Waals surface area contributed by atoms with E-state index in [0.717, 1.165) is 17.7 Å². The van der Waals surface area contributed by atoms with Crippen molar-refractivity contribution in [3.63, 3.8) is 0 Å². The van der Waals surface area contributed by atoms with Gasteiger partial charge in [-0.1, -0.05) is 17.3 Å². The molecular formula is C21H21F2N4O6P. The SMILES string of the molecule is NC/C(=C\C=C/NCOP(=O)(O)O)c1cc(Cc2ccc(Oc3ccc(F)cc3F)nc2)no1. The number of phosphoric acid groups is 1. The van der Waals surface area contributed by atoms with E-state index in [1.165, 1.54) is 12.3 Å². The fourth-order valence-corrected chi connectivity index (χ4v) is 2.90. The van der Waals surface area contributed by atoms with Crippen molar-refractivity contribution < 1.29 is 36.9 Å². The summed E-state index contributed by atoms with van der Waals surface area (Å²) >= 11 is 0. The quantitative estimate of drug-likeness (QED) is 0.135. The first kappa shape index (κ1) is 25.2. The predicted molar refractivity (Wildman–Crippen MR) is 117 cm³/mol. The number of nitrogens with zero attached hydrogens (tertiary/aromatic N) is 2. The van der Waals surface area contributed by atoms with Gasteiger partial charge in [0.05, 0.1) is 5.69 Å². The first-order valence-electron chi connectivity index (χ1n) is 9.76. The molecule has 1 aromatic carbocycles. The summed E-state index contributed by atoms with van der Waals surface area (Å²) in [5.41, 5.74) is 7.80. The summed E-state index contributed by atoms with van der Waals surface area (Å²) in [5.74, 6) is -1.07. The molecule has 0 saturated heterocycles. The highest BCUT2D eigenvalue weighted by Gasteiger charge is 2.12. The van der Waals surface area contributed by atoms with Crippen molar-refractivity contribution in [2.75, 3.05) is 13.3 Å². The maximum absolute atomic E-state index is 13.7. The molecule has 0 aliphatic heterocycles. The van der Waals surface area contributed by atoms with Crippen LogP contribution in [0.5, 0.6) is 11.6 Å². The summed E-state index contributed by atoms with van der Waals surface area (Å²) in [5, 5.41) is 6.57. The Hall–Kier alpha value is -3.41. The zero-order valence-electron chi connectivity index (χ0n) is 17.6. The van der Waals surface area contributed by atoms with Crippen LogP contribution in [0.1, 0.15) is 17.0 Å². The van der Waals surface area contributed by atoms with Crippen molar-refractivity contribution in [1.29, 1.82) is 0 Å². The molecule has 0 radical (unpaired) electrons. The van der Waals surface area contributed by atoms with Crippen molar-refractivity contribution in [3.8, 4) is 11.6 Å². The number of phosphoric ester groups is 1. The third kappa shape index (κ3) is 7.87. The molecule has 0 unspecified atom stereocenters. The van der Waals surface area contributed by atoms with Gasteiger partial charge in [0, 0.05) is 42.9 Å². The summed E-state index contributed by atoms with van der Waals surface area (Å²) in [6.45, 7) is -0.207. The first-order valence-corrected chi connectivity index (χ1v) is 11.3. The minimum atomic E-state index is -4.53. The molecule has 3 rings (SSSR count). The Morgan fingerprint density at radius 3 is 2.74 bits per heavy atom. The van der Waals surface area contributed by atoms with Gasteiger partial charge in [-0.25, -0.2) is 18.3 Å². The smallest absolute Gasteiger partial charge is 0.436 e. The number of allylic oxidation sites excluding steroid dienone is 2. The van der Waals surface area contributed by atoms with E-state index in [2.05, 4.69) is 20.0 Å². The van der Waals surface area contributed by atoms with E-state index in [9.17, 15) is 13.3 Å². The van der Waals surface area contributed by atoms with Gasteiger partial charge in [0.2, 0.25) is 5.88 Å². The van der Waals surface area contributed by atoms with E-state index in [1.807, 2.05) is 0 Å². The van der Waals surface area contributed by atoms with Gasteiger partial charge in [-0.15, -0.1) is 0 Å². The van der Waals surface area contributed by atoms with Crippen LogP contribution in [0.2, 0.25) is 0 Å². The Balaban J connectivity index is 1.57. The number of hydrogen-bond acceptors (Lipinski definition) is 8. The highest BCUT2D eigenvalue weighted by molar-refractivity contribution is 7.46. The fraction of sp³-hybridized carbons (Fsp3) is 0.143. The Bertz CT molecular complexity index is 1210. The molecule has 13 heteroatoms. The van der Waals surface area contributed by atoms with Crippen LogP contribution in [0.4, 0.5) is 8.78 Å². The summed E-state index contributed by atoms with van der Waals surface area (Å²) in [7, 11) is -4.53. The molecule has 2 heterocycles. The number of benzene rings is 1. The number of halogens is 2. The van der Waals surface area contributed by atoms with Crippen molar-refractivity contribution in [2.24, 2.45) is 5.73 Å². The summed E-state index contributed by atoms with van der Waals surface area (Å²) in [4.78, 5) is 21.3. The van der Waals surface area contributed by atoms with Gasteiger partial charge < -0.3 is 30.1 Å². The van der Waals surface area contributed by atoms with Gasteiger partial charge in [-0.2, -0.15) is 0 Å². The van der Waals surface area contributed by atoms with Crippen molar-refractivity contribution in [1.82, 2.24) is 15.5 Å². The number of ether oxygens (including phenoxy) is 1. The highest BCUT2D eigenvalue weighted by atomic mass is 31.2. The average Bonchev–Trinajstić information content (AvgIpc) is 3.24. The maximum atomic E-state index is 13.7. The van der Waals surface area contributed by atoms with Gasteiger partial charge in [0.1, 0.15) is 12.5 Å². The third-order valence-corrected chi connectivity index (χ3v) is 4.68. The molecule has 5 N–H and O–H groups in total. The largest absolute Gasteiger partial charge is 0.471 e. The molecular weight excluding hydrogens is 473 g/mol. The van der Waals surface area contributed by atoms with Crippen molar-refractivity contribution >= 4 is 13.4 Å². The van der Waals surface area contributed by atoms with Gasteiger partial charge in [-0.05, 0) is 30.0 Å². The fourth-order valence-electron chi connectivity index (χ4n) is 2.65. The molecule has 0 aliphatic carbocycles. The number of hydrogen-bond donors (Lipinski definition) is 4. The summed E-state index contributed by atoms with van der Waals surface area (Å²) in [6.07, 6.45) is 6.59. The number of rotatable bonds is 11. The van der Waals surface area contributed by atoms with Crippen LogP contribution in [0.15, 0.2) is 65.5 Å². The molecule has 0 saturated carbocycles. The number of nitrogens with two attached hydrogens (primary N) is 1. The monoisotopic (exact) mass is 494 g/mol. The van der Waals surface area contributed by atoms with Crippen LogP contribution < -0.4 is 15.8 Å². The second-order valence-corrected chi connectivity index (χ2v) is 8.00. The summed E-state index contributed by atoms with van der Waals surface area (Å²) < 4.78 is 52.2. The number of nitrogens with one attached hydrogen (secondary N) is 1. The lowest BCUT2D eigenvalue weighted by Crippen LogP contribution is -2.09. The molecule has 2 aromatic heterocycles. The lowest BCUT2D eigenvalue weighted by atomic mass is 10.1. The molecule has 10 nitrogen and oxygen atoms in total. The maximum Gasteiger partial charge on any atom is 0.471 e. The van der Waals surface area contributed by atoms with E-state index in [-0.39, 0.29) is 24.9 Å². The van der Waals surface area contributed by atoms with Gasteiger partial charge in [0.25, 0.3) is 0 Å². The Labute approximate surface area is 192 Å². The van der Waals surface area contributed by atoms with Gasteiger partial charge >= 0.3 is 7.82 Å². The normalized spacial score (nSPS) is 12.3.